The first kappa shape index (κ1) is 33.9. The molecule has 2 amide bonds. The first-order valence-corrected chi connectivity index (χ1v) is 14.3. The summed E-state index contributed by atoms with van der Waals surface area (Å²) in [5.41, 5.74) is 2.91. The second-order valence-corrected chi connectivity index (χ2v) is 9.43. The van der Waals surface area contributed by atoms with Crippen molar-refractivity contribution < 1.29 is 24.2 Å². The highest BCUT2D eigenvalue weighted by atomic mass is 16.5. The van der Waals surface area contributed by atoms with Crippen molar-refractivity contribution >= 4 is 17.7 Å². The zero-order valence-corrected chi connectivity index (χ0v) is 24.7. The summed E-state index contributed by atoms with van der Waals surface area (Å²) in [6, 6.07) is 27.4. The van der Waals surface area contributed by atoms with Crippen LogP contribution in [0.5, 0.6) is 5.75 Å². The lowest BCUT2D eigenvalue weighted by Gasteiger charge is -2.24. The van der Waals surface area contributed by atoms with Gasteiger partial charge in [-0.05, 0) is 87.3 Å². The van der Waals surface area contributed by atoms with Crippen LogP contribution in [0.3, 0.4) is 0 Å². The average molecular weight is 574 g/mol. The molecule has 4 rings (SSSR count). The van der Waals surface area contributed by atoms with Crippen molar-refractivity contribution in [1.82, 2.24) is 10.2 Å². The Kier molecular flexibility index (Phi) is 17.3. The predicted octanol–water partition coefficient (Wildman–Crippen LogP) is 5.89. The Balaban J connectivity index is 0.000000252. The third kappa shape index (κ3) is 15.5. The van der Waals surface area contributed by atoms with Crippen molar-refractivity contribution in [1.29, 1.82) is 0 Å². The van der Waals surface area contributed by atoms with Crippen molar-refractivity contribution in [2.75, 3.05) is 52.3 Å². The van der Waals surface area contributed by atoms with Crippen LogP contribution in [0, 0.1) is 11.8 Å². The van der Waals surface area contributed by atoms with Gasteiger partial charge in [-0.15, -0.1) is 0 Å². The highest BCUT2D eigenvalue weighted by Crippen LogP contribution is 2.16. The minimum atomic E-state index is -0.818. The number of benzene rings is 3. The van der Waals surface area contributed by atoms with Crippen LogP contribution in [0.25, 0.3) is 0 Å². The number of rotatable bonds is 5. The van der Waals surface area contributed by atoms with Crippen molar-refractivity contribution in [3.63, 3.8) is 0 Å². The number of hydrogen-bond acceptors (Lipinski definition) is 5. The van der Waals surface area contributed by atoms with Gasteiger partial charge in [0, 0.05) is 37.0 Å². The number of urea groups is 1. The summed E-state index contributed by atoms with van der Waals surface area (Å²) in [6.07, 6.45) is 4.42. The number of ether oxygens (including phenoxy) is 2. The third-order valence-electron chi connectivity index (χ3n) is 6.11. The van der Waals surface area contributed by atoms with Gasteiger partial charge in [0.1, 0.15) is 5.75 Å². The molecule has 0 unspecified atom stereocenters. The summed E-state index contributed by atoms with van der Waals surface area (Å²) in [5, 5.41) is 14.3. The molecule has 3 aromatic carbocycles. The Hall–Kier alpha value is -4.32. The van der Waals surface area contributed by atoms with Gasteiger partial charge >= 0.3 is 12.0 Å². The molecule has 0 saturated carbocycles. The quantitative estimate of drug-likeness (QED) is 0.330. The largest absolute Gasteiger partial charge is 0.497 e. The monoisotopic (exact) mass is 573 g/mol. The highest BCUT2D eigenvalue weighted by Gasteiger charge is 2.13. The van der Waals surface area contributed by atoms with Gasteiger partial charge in [-0.3, -0.25) is 4.79 Å². The molecule has 8 nitrogen and oxygen atoms in total. The minimum absolute atomic E-state index is 0.00583. The summed E-state index contributed by atoms with van der Waals surface area (Å²) >= 11 is 0. The van der Waals surface area contributed by atoms with Crippen LogP contribution in [0.2, 0.25) is 0 Å². The lowest BCUT2D eigenvalue weighted by atomic mass is 10.2. The molecule has 1 fully saturated rings. The molecule has 3 aromatic rings. The zero-order valence-electron chi connectivity index (χ0n) is 24.7. The van der Waals surface area contributed by atoms with E-state index in [2.05, 4.69) is 27.2 Å². The Bertz CT molecular complexity index is 1160. The number of carbonyl (C=O) groups excluding carboxylic acids is 1. The van der Waals surface area contributed by atoms with E-state index in [-0.39, 0.29) is 12.5 Å². The summed E-state index contributed by atoms with van der Waals surface area (Å²) in [4.78, 5) is 24.0. The second kappa shape index (κ2) is 21.4. The molecule has 1 aliphatic heterocycles. The summed E-state index contributed by atoms with van der Waals surface area (Å²) in [7, 11) is 3.11. The average Bonchev–Trinajstić information content (AvgIpc) is 3.03. The molecule has 0 aromatic heterocycles. The first-order valence-electron chi connectivity index (χ1n) is 14.3. The van der Waals surface area contributed by atoms with E-state index in [4.69, 9.17) is 9.84 Å². The van der Waals surface area contributed by atoms with Crippen molar-refractivity contribution in [3.05, 3.63) is 96.1 Å². The minimum Gasteiger partial charge on any atom is -0.497 e. The summed E-state index contributed by atoms with van der Waals surface area (Å²) in [5.74, 6) is 6.20. The van der Waals surface area contributed by atoms with Crippen LogP contribution in [-0.4, -0.2) is 69.0 Å². The number of amides is 2. The Morgan fingerprint density at radius 2 is 1.33 bits per heavy atom. The van der Waals surface area contributed by atoms with Crippen LogP contribution in [0.4, 0.5) is 10.5 Å². The van der Waals surface area contributed by atoms with Gasteiger partial charge in [0.25, 0.3) is 0 Å². The maximum absolute atomic E-state index is 12.4. The van der Waals surface area contributed by atoms with Gasteiger partial charge in [0.15, 0.2) is 0 Å². The van der Waals surface area contributed by atoms with E-state index >= 15 is 0 Å². The molecule has 3 N–H and O–H groups in total. The molecule has 0 radical (unpaired) electrons. The zero-order chi connectivity index (χ0) is 30.3. The molecule has 1 saturated heterocycles. The fourth-order valence-corrected chi connectivity index (χ4v) is 3.80. The van der Waals surface area contributed by atoms with E-state index in [1.54, 1.807) is 7.11 Å². The molecule has 0 spiro atoms. The molecule has 0 bridgehead atoms. The number of nitrogens with one attached hydrogen (secondary N) is 2. The lowest BCUT2D eigenvalue weighted by Crippen LogP contribution is -2.37. The molecular formula is C34H43N3O5. The van der Waals surface area contributed by atoms with Crippen molar-refractivity contribution in [3.8, 4) is 17.6 Å². The van der Waals surface area contributed by atoms with Gasteiger partial charge in [-0.25, -0.2) is 4.79 Å². The second-order valence-electron chi connectivity index (χ2n) is 9.43. The fraction of sp³-hybridized carbons (Fsp3) is 0.353. The van der Waals surface area contributed by atoms with Crippen molar-refractivity contribution in [2.24, 2.45) is 0 Å². The lowest BCUT2D eigenvalue weighted by molar-refractivity contribution is -0.137. The molecule has 1 aliphatic rings. The number of nitrogens with zero attached hydrogens (tertiary/aromatic N) is 1. The van der Waals surface area contributed by atoms with Crippen molar-refractivity contribution in [2.45, 2.75) is 32.1 Å². The molecule has 42 heavy (non-hydrogen) atoms. The van der Waals surface area contributed by atoms with Gasteiger partial charge in [-0.1, -0.05) is 48.2 Å². The Labute approximate surface area is 250 Å². The summed E-state index contributed by atoms with van der Waals surface area (Å²) < 4.78 is 9.59. The Morgan fingerprint density at radius 3 is 1.76 bits per heavy atom. The van der Waals surface area contributed by atoms with E-state index in [9.17, 15) is 9.59 Å². The Morgan fingerprint density at radius 1 is 0.810 bits per heavy atom. The van der Waals surface area contributed by atoms with E-state index < -0.39 is 5.97 Å². The number of carboxylic acids is 1. The fourth-order valence-electron chi connectivity index (χ4n) is 3.80. The number of carboxylic acid groups (broad SMARTS) is 1. The van der Waals surface area contributed by atoms with E-state index in [1.165, 1.54) is 7.11 Å². The van der Waals surface area contributed by atoms with Crippen LogP contribution in [0.15, 0.2) is 84.9 Å². The number of carbonyl (C=O) groups is 2. The smallest absolute Gasteiger partial charge is 0.321 e. The topological polar surface area (TPSA) is 100 Å². The van der Waals surface area contributed by atoms with Crippen LogP contribution in [0.1, 0.15) is 43.2 Å². The van der Waals surface area contributed by atoms with Crippen LogP contribution in [-0.2, 0) is 9.53 Å². The van der Waals surface area contributed by atoms with Gasteiger partial charge in [-0.2, -0.15) is 0 Å². The number of aliphatic carboxylic acids is 1. The summed E-state index contributed by atoms with van der Waals surface area (Å²) in [6.45, 7) is 4.05. The molecular weight excluding hydrogens is 530 g/mol. The highest BCUT2D eigenvalue weighted by molar-refractivity contribution is 5.89. The number of hydrogen-bond donors (Lipinski definition) is 3. The first-order chi connectivity index (χ1) is 20.5. The number of anilines is 1. The molecule has 8 heteroatoms. The molecule has 0 aliphatic carbocycles. The van der Waals surface area contributed by atoms with Gasteiger partial charge in [0.05, 0.1) is 20.1 Å². The molecule has 0 atom stereocenters. The van der Waals surface area contributed by atoms with Gasteiger partial charge < -0.3 is 30.1 Å². The third-order valence-corrected chi connectivity index (χ3v) is 6.11. The SMILES string of the molecule is C(#Cc1ccccc1)c1ccccc1.COCCC(=O)O.COc1ccc(NC(=O)N2CCCCNCCCC2)cc1. The standard InChI is InChI=1S/C16H25N3O2.C14H10.C4H8O3/c1-21-15-8-6-14(7-9-15)18-16(20)19-12-4-2-10-17-11-3-5-13-19;1-3-7-13(8-4-1)11-12-14-9-5-2-6-10-14;1-7-3-2-4(5)6/h6-9,17H,2-5,10-13H2,1H3,(H,18,20);1-10H;2-3H2,1H3,(H,5,6). The van der Waals surface area contributed by atoms with Crippen LogP contribution < -0.4 is 15.4 Å². The maximum Gasteiger partial charge on any atom is 0.321 e. The normalized spacial score (nSPS) is 13.0. The van der Waals surface area contributed by atoms with E-state index in [0.29, 0.717) is 6.61 Å². The van der Waals surface area contributed by atoms with E-state index in [0.717, 1.165) is 74.4 Å². The van der Waals surface area contributed by atoms with Gasteiger partial charge in [0.2, 0.25) is 0 Å². The van der Waals surface area contributed by atoms with E-state index in [1.807, 2.05) is 89.8 Å². The predicted molar refractivity (Wildman–Crippen MR) is 168 cm³/mol. The molecule has 1 heterocycles. The molecule has 224 valence electrons. The maximum atomic E-state index is 12.4. The van der Waals surface area contributed by atoms with Crippen LogP contribution >= 0.6 is 0 Å². The number of methoxy groups -OCH3 is 2.